The topological polar surface area (TPSA) is 122 Å². The molecule has 92 valence electrons. The molecule has 0 heterocycles. The highest BCUT2D eigenvalue weighted by Crippen LogP contribution is 2.00. The van der Waals surface area contributed by atoms with Gasteiger partial charge < -0.3 is 21.5 Å². The largest absolute Gasteiger partial charge is 0.480 e. The van der Waals surface area contributed by atoms with Crippen molar-refractivity contribution in [3.05, 3.63) is 0 Å². The first-order valence-electron chi connectivity index (χ1n) is 4.96. The number of nitrogens with one attached hydrogen (secondary N) is 2. The quantitative estimate of drug-likeness (QED) is 0.437. The normalized spacial score (nSPS) is 11.6. The molecule has 1 unspecified atom stereocenters. The smallest absolute Gasteiger partial charge is 0.326 e. The molecule has 0 radical (unpaired) electrons. The molecule has 7 nitrogen and oxygen atoms in total. The number of carboxylic acid groups (broad SMARTS) is 1. The predicted molar refractivity (Wildman–Crippen MR) is 56.7 cm³/mol. The summed E-state index contributed by atoms with van der Waals surface area (Å²) in [6, 6.07) is -1.82. The predicted octanol–water partition coefficient (Wildman–Crippen LogP) is -0.586. The number of urea groups is 1. The first kappa shape index (κ1) is 14.2. The lowest BCUT2D eigenvalue weighted by Gasteiger charge is -2.12. The van der Waals surface area contributed by atoms with Crippen molar-refractivity contribution in [1.82, 2.24) is 10.6 Å². The number of carbonyl (C=O) groups is 3. The van der Waals surface area contributed by atoms with E-state index in [0.717, 1.165) is 0 Å². The van der Waals surface area contributed by atoms with Gasteiger partial charge in [-0.05, 0) is 19.3 Å². The van der Waals surface area contributed by atoms with Crippen LogP contribution in [0.5, 0.6) is 0 Å². The molecule has 0 rings (SSSR count). The van der Waals surface area contributed by atoms with Crippen LogP contribution in [0.3, 0.4) is 0 Å². The summed E-state index contributed by atoms with van der Waals surface area (Å²) in [6.45, 7) is 1.91. The third-order valence-electron chi connectivity index (χ3n) is 1.91. The summed E-state index contributed by atoms with van der Waals surface area (Å²) in [4.78, 5) is 31.7. The number of primary amides is 1. The Kier molecular flexibility index (Phi) is 6.66. The fraction of sp³-hybridized carbons (Fsp3) is 0.667. The molecule has 0 aromatic carbocycles. The van der Waals surface area contributed by atoms with Crippen molar-refractivity contribution < 1.29 is 19.5 Å². The van der Waals surface area contributed by atoms with Crippen molar-refractivity contribution in [3.8, 4) is 0 Å². The van der Waals surface area contributed by atoms with E-state index in [1.807, 2.05) is 0 Å². The van der Waals surface area contributed by atoms with E-state index in [2.05, 4.69) is 10.6 Å². The molecular formula is C9H17N3O4. The average Bonchev–Trinajstić information content (AvgIpc) is 2.14. The Morgan fingerprint density at radius 1 is 1.31 bits per heavy atom. The van der Waals surface area contributed by atoms with E-state index >= 15 is 0 Å². The fourth-order valence-corrected chi connectivity index (χ4v) is 1.17. The van der Waals surface area contributed by atoms with Crippen LogP contribution in [-0.4, -0.2) is 35.6 Å². The molecule has 0 aliphatic rings. The van der Waals surface area contributed by atoms with Gasteiger partial charge in [0.15, 0.2) is 0 Å². The second kappa shape index (κ2) is 7.49. The average molecular weight is 231 g/mol. The SMILES string of the molecule is CC(=O)NCCCCC(NC(N)=O)C(=O)O. The lowest BCUT2D eigenvalue weighted by Crippen LogP contribution is -2.43. The zero-order valence-corrected chi connectivity index (χ0v) is 9.16. The second-order valence-electron chi connectivity index (χ2n) is 3.38. The Hall–Kier alpha value is -1.79. The van der Waals surface area contributed by atoms with Crippen LogP contribution in [0.4, 0.5) is 4.79 Å². The van der Waals surface area contributed by atoms with Gasteiger partial charge >= 0.3 is 12.0 Å². The summed E-state index contributed by atoms with van der Waals surface area (Å²) < 4.78 is 0. The summed E-state index contributed by atoms with van der Waals surface area (Å²) in [6.07, 6.45) is 1.53. The van der Waals surface area contributed by atoms with Crippen LogP contribution in [0.2, 0.25) is 0 Å². The van der Waals surface area contributed by atoms with Gasteiger partial charge in [-0.2, -0.15) is 0 Å². The standard InChI is InChI=1S/C9H17N3O4/c1-6(13)11-5-3-2-4-7(8(14)15)12-9(10)16/h7H,2-5H2,1H3,(H,11,13)(H,14,15)(H3,10,12,16). The van der Waals surface area contributed by atoms with E-state index in [0.29, 0.717) is 19.4 Å². The first-order chi connectivity index (χ1) is 7.43. The minimum absolute atomic E-state index is 0.120. The van der Waals surface area contributed by atoms with Crippen LogP contribution in [0.15, 0.2) is 0 Å². The Balaban J connectivity index is 3.72. The number of aliphatic carboxylic acids is 1. The third kappa shape index (κ3) is 7.60. The number of hydrogen-bond acceptors (Lipinski definition) is 3. The van der Waals surface area contributed by atoms with Crippen molar-refractivity contribution in [2.24, 2.45) is 5.73 Å². The molecule has 0 aliphatic heterocycles. The molecule has 1 atom stereocenters. The Morgan fingerprint density at radius 3 is 2.38 bits per heavy atom. The lowest BCUT2D eigenvalue weighted by molar-refractivity contribution is -0.139. The van der Waals surface area contributed by atoms with Gasteiger partial charge in [0, 0.05) is 13.5 Å². The van der Waals surface area contributed by atoms with Crippen molar-refractivity contribution in [1.29, 1.82) is 0 Å². The summed E-state index contributed by atoms with van der Waals surface area (Å²) in [5.41, 5.74) is 4.83. The van der Waals surface area contributed by atoms with Crippen LogP contribution in [0, 0.1) is 0 Å². The lowest BCUT2D eigenvalue weighted by atomic mass is 10.1. The molecule has 0 bridgehead atoms. The van der Waals surface area contributed by atoms with E-state index in [4.69, 9.17) is 10.8 Å². The van der Waals surface area contributed by atoms with Gasteiger partial charge in [-0.3, -0.25) is 4.79 Å². The van der Waals surface area contributed by atoms with Gasteiger partial charge in [0.05, 0.1) is 0 Å². The Morgan fingerprint density at radius 2 is 1.94 bits per heavy atom. The highest BCUT2D eigenvalue weighted by molar-refractivity contribution is 5.81. The monoisotopic (exact) mass is 231 g/mol. The van der Waals surface area contributed by atoms with Crippen LogP contribution in [0.1, 0.15) is 26.2 Å². The summed E-state index contributed by atoms with van der Waals surface area (Å²) in [5, 5.41) is 13.4. The minimum atomic E-state index is -1.11. The molecule has 0 fully saturated rings. The maximum atomic E-state index is 10.7. The molecule has 7 heteroatoms. The van der Waals surface area contributed by atoms with E-state index < -0.39 is 18.0 Å². The molecule has 0 saturated heterocycles. The number of carbonyl (C=O) groups excluding carboxylic acids is 2. The number of carboxylic acids is 1. The highest BCUT2D eigenvalue weighted by Gasteiger charge is 2.17. The fourth-order valence-electron chi connectivity index (χ4n) is 1.17. The van der Waals surface area contributed by atoms with Gasteiger partial charge in [0.1, 0.15) is 6.04 Å². The first-order valence-corrected chi connectivity index (χ1v) is 4.96. The Bertz CT molecular complexity index is 267. The zero-order chi connectivity index (χ0) is 12.6. The maximum absolute atomic E-state index is 10.7. The molecule has 16 heavy (non-hydrogen) atoms. The van der Waals surface area contributed by atoms with Crippen molar-refractivity contribution in [3.63, 3.8) is 0 Å². The molecule has 0 aromatic heterocycles. The summed E-state index contributed by atoms with van der Waals surface area (Å²) >= 11 is 0. The van der Waals surface area contributed by atoms with Crippen LogP contribution >= 0.6 is 0 Å². The van der Waals surface area contributed by atoms with Gasteiger partial charge in [-0.1, -0.05) is 0 Å². The highest BCUT2D eigenvalue weighted by atomic mass is 16.4. The van der Waals surface area contributed by atoms with Gasteiger partial charge in [0.25, 0.3) is 0 Å². The maximum Gasteiger partial charge on any atom is 0.326 e. The van der Waals surface area contributed by atoms with Crippen LogP contribution < -0.4 is 16.4 Å². The van der Waals surface area contributed by atoms with Crippen molar-refractivity contribution in [2.45, 2.75) is 32.2 Å². The molecule has 3 amide bonds. The molecular weight excluding hydrogens is 214 g/mol. The number of unbranched alkanes of at least 4 members (excludes halogenated alkanes) is 1. The van der Waals surface area contributed by atoms with E-state index in [9.17, 15) is 14.4 Å². The van der Waals surface area contributed by atoms with Gasteiger partial charge in [0.2, 0.25) is 5.91 Å². The summed E-state index contributed by atoms with van der Waals surface area (Å²) in [7, 11) is 0. The number of nitrogens with two attached hydrogens (primary N) is 1. The molecule has 0 spiro atoms. The van der Waals surface area contributed by atoms with Crippen LogP contribution in [-0.2, 0) is 9.59 Å². The number of amides is 3. The third-order valence-corrected chi connectivity index (χ3v) is 1.91. The Labute approximate surface area is 93.4 Å². The van der Waals surface area contributed by atoms with E-state index in [1.165, 1.54) is 6.92 Å². The van der Waals surface area contributed by atoms with E-state index in [-0.39, 0.29) is 12.3 Å². The number of rotatable bonds is 7. The molecule has 0 saturated carbocycles. The van der Waals surface area contributed by atoms with Crippen LogP contribution in [0.25, 0.3) is 0 Å². The zero-order valence-electron chi connectivity index (χ0n) is 9.16. The van der Waals surface area contributed by atoms with Crippen molar-refractivity contribution in [2.75, 3.05) is 6.54 Å². The molecule has 0 aliphatic carbocycles. The molecule has 5 N–H and O–H groups in total. The molecule has 0 aromatic rings. The van der Waals surface area contributed by atoms with Gasteiger partial charge in [-0.15, -0.1) is 0 Å². The minimum Gasteiger partial charge on any atom is -0.480 e. The second-order valence-corrected chi connectivity index (χ2v) is 3.38. The van der Waals surface area contributed by atoms with Gasteiger partial charge in [-0.25, -0.2) is 9.59 Å². The van der Waals surface area contributed by atoms with E-state index in [1.54, 1.807) is 0 Å². The summed E-state index contributed by atoms with van der Waals surface area (Å²) in [5.74, 6) is -1.23. The number of hydrogen-bond donors (Lipinski definition) is 4. The van der Waals surface area contributed by atoms with Crippen molar-refractivity contribution >= 4 is 17.9 Å².